The number of amides is 2. The second-order valence-corrected chi connectivity index (χ2v) is 12.1. The SMILES string of the molecule is CC1=C2N(C)C(=O)CC[C@]2(C)C2CC[C@]3(C)[C@@H](C(=O)Nc4ncc(Cl)cc4Cl)CC[C@H]3C2C1. The Labute approximate surface area is 206 Å². The van der Waals surface area contributed by atoms with Gasteiger partial charge in [0.25, 0.3) is 0 Å². The van der Waals surface area contributed by atoms with Crippen molar-refractivity contribution in [3.63, 3.8) is 0 Å². The standard InChI is InChI=1S/C26H33Cl2N3O2/c1-14-11-16-17-5-6-19(24(33)30-23-20(28)12-15(27)13-29-23)25(17,2)9-7-18(16)26(3)10-8-21(32)31(4)22(14)26/h12-13,16-19H,5-11H2,1-4H3,(H,29,30,33)/t16?,17-,18?,19+,25-,26+/m0/s1. The van der Waals surface area contributed by atoms with Crippen molar-refractivity contribution >= 4 is 40.8 Å². The molecule has 7 heteroatoms. The number of hydrogen-bond donors (Lipinski definition) is 1. The van der Waals surface area contributed by atoms with Crippen LogP contribution in [0.15, 0.2) is 23.5 Å². The van der Waals surface area contributed by atoms with Gasteiger partial charge in [0.05, 0.1) is 10.0 Å². The second-order valence-electron chi connectivity index (χ2n) is 11.2. The minimum absolute atomic E-state index is 0.0214. The third kappa shape index (κ3) is 3.44. The maximum Gasteiger partial charge on any atom is 0.229 e. The molecule has 5 nitrogen and oxygen atoms in total. The number of allylic oxidation sites excluding steroid dienone is 2. The summed E-state index contributed by atoms with van der Waals surface area (Å²) in [5, 5.41) is 3.80. The lowest BCUT2D eigenvalue weighted by molar-refractivity contribution is -0.137. The number of carbonyl (C=O) groups is 2. The highest BCUT2D eigenvalue weighted by atomic mass is 35.5. The Bertz CT molecular complexity index is 1060. The average molecular weight is 490 g/mol. The van der Waals surface area contributed by atoms with Gasteiger partial charge in [-0.3, -0.25) is 9.59 Å². The third-order valence-electron chi connectivity index (χ3n) is 9.68. The molecule has 1 aromatic heterocycles. The Morgan fingerprint density at radius 2 is 1.94 bits per heavy atom. The first-order valence-corrected chi connectivity index (χ1v) is 12.9. The number of pyridine rings is 1. The van der Waals surface area contributed by atoms with Gasteiger partial charge in [-0.05, 0) is 74.7 Å². The maximum atomic E-state index is 13.4. The average Bonchev–Trinajstić information content (AvgIpc) is 3.10. The fraction of sp³-hybridized carbons (Fsp3) is 0.654. The molecule has 0 radical (unpaired) electrons. The Morgan fingerprint density at radius 3 is 2.67 bits per heavy atom. The van der Waals surface area contributed by atoms with Crippen LogP contribution in [-0.4, -0.2) is 28.7 Å². The van der Waals surface area contributed by atoms with Gasteiger partial charge in [0.1, 0.15) is 0 Å². The zero-order valence-corrected chi connectivity index (χ0v) is 21.4. The lowest BCUT2D eigenvalue weighted by Crippen LogP contribution is -2.54. The first kappa shape index (κ1) is 23.2. The number of piperidine rings is 1. The number of aromatic nitrogens is 1. The molecule has 2 unspecified atom stereocenters. The molecule has 5 rings (SSSR count). The van der Waals surface area contributed by atoms with Crippen molar-refractivity contribution in [2.75, 3.05) is 12.4 Å². The number of nitrogens with zero attached hydrogens (tertiary/aromatic N) is 2. The summed E-state index contributed by atoms with van der Waals surface area (Å²) in [6.45, 7) is 6.94. The van der Waals surface area contributed by atoms with Gasteiger partial charge in [0.15, 0.2) is 5.82 Å². The number of halogens is 2. The topological polar surface area (TPSA) is 62.3 Å². The van der Waals surface area contributed by atoms with E-state index in [1.54, 1.807) is 6.07 Å². The van der Waals surface area contributed by atoms with E-state index in [0.29, 0.717) is 40.0 Å². The van der Waals surface area contributed by atoms with Gasteiger partial charge in [0, 0.05) is 36.7 Å². The van der Waals surface area contributed by atoms with Gasteiger partial charge < -0.3 is 10.2 Å². The van der Waals surface area contributed by atoms with Gasteiger partial charge >= 0.3 is 0 Å². The van der Waals surface area contributed by atoms with E-state index in [9.17, 15) is 9.59 Å². The molecule has 1 aromatic rings. The van der Waals surface area contributed by atoms with Crippen molar-refractivity contribution in [1.82, 2.24) is 9.88 Å². The summed E-state index contributed by atoms with van der Waals surface area (Å²) in [5.74, 6) is 2.24. The number of anilines is 1. The third-order valence-corrected chi connectivity index (χ3v) is 10.2. The number of carbonyl (C=O) groups excluding carboxylic acids is 2. The van der Waals surface area contributed by atoms with Crippen LogP contribution in [-0.2, 0) is 9.59 Å². The molecule has 2 heterocycles. The number of likely N-dealkylation sites (tertiary alicyclic amines) is 1. The van der Waals surface area contributed by atoms with Crippen LogP contribution in [0.3, 0.4) is 0 Å². The lowest BCUT2D eigenvalue weighted by atomic mass is 9.48. The van der Waals surface area contributed by atoms with Crippen molar-refractivity contribution in [1.29, 1.82) is 0 Å². The fourth-order valence-corrected chi connectivity index (χ4v) is 8.68. The van der Waals surface area contributed by atoms with E-state index in [1.807, 2.05) is 11.9 Å². The van der Waals surface area contributed by atoms with Crippen LogP contribution in [0.25, 0.3) is 0 Å². The molecule has 0 bridgehead atoms. The summed E-state index contributed by atoms with van der Waals surface area (Å²) >= 11 is 12.2. The van der Waals surface area contributed by atoms with E-state index in [1.165, 1.54) is 17.5 Å². The molecular weight excluding hydrogens is 457 g/mol. The summed E-state index contributed by atoms with van der Waals surface area (Å²) in [4.78, 5) is 32.0. The summed E-state index contributed by atoms with van der Waals surface area (Å²) in [7, 11) is 1.96. The second kappa shape index (κ2) is 7.98. The monoisotopic (exact) mass is 489 g/mol. The normalized spacial score (nSPS) is 38.0. The van der Waals surface area contributed by atoms with Gasteiger partial charge in [-0.1, -0.05) is 42.6 Å². The molecule has 3 aliphatic carbocycles. The Balaban J connectivity index is 1.41. The minimum Gasteiger partial charge on any atom is -0.319 e. The molecule has 1 aliphatic heterocycles. The molecule has 0 spiro atoms. The molecule has 2 saturated carbocycles. The minimum atomic E-state index is -0.0499. The lowest BCUT2D eigenvalue weighted by Gasteiger charge is -2.59. The van der Waals surface area contributed by atoms with E-state index in [4.69, 9.17) is 23.2 Å². The summed E-state index contributed by atoms with van der Waals surface area (Å²) in [5.41, 5.74) is 2.66. The zero-order chi connectivity index (χ0) is 23.7. The van der Waals surface area contributed by atoms with Gasteiger partial charge in [-0.25, -0.2) is 4.98 Å². The van der Waals surface area contributed by atoms with Gasteiger partial charge in [0.2, 0.25) is 11.8 Å². The number of hydrogen-bond acceptors (Lipinski definition) is 3. The van der Waals surface area contributed by atoms with E-state index in [-0.39, 0.29) is 28.6 Å². The predicted molar refractivity (Wildman–Crippen MR) is 131 cm³/mol. The number of nitrogens with one attached hydrogen (secondary N) is 1. The number of rotatable bonds is 2. The van der Waals surface area contributed by atoms with Crippen LogP contribution < -0.4 is 5.32 Å². The molecular formula is C26H33Cl2N3O2. The Hall–Kier alpha value is -1.59. The van der Waals surface area contributed by atoms with Crippen molar-refractivity contribution in [2.24, 2.45) is 34.5 Å². The van der Waals surface area contributed by atoms with Gasteiger partial charge in [-0.15, -0.1) is 0 Å². The van der Waals surface area contributed by atoms with E-state index < -0.39 is 0 Å². The van der Waals surface area contributed by atoms with Crippen molar-refractivity contribution in [3.05, 3.63) is 33.6 Å². The van der Waals surface area contributed by atoms with Crippen LogP contribution in [0.4, 0.5) is 5.82 Å². The first-order chi connectivity index (χ1) is 15.6. The molecule has 6 atom stereocenters. The molecule has 1 N–H and O–H groups in total. The molecule has 0 aromatic carbocycles. The van der Waals surface area contributed by atoms with Crippen LogP contribution in [0, 0.1) is 34.5 Å². The van der Waals surface area contributed by atoms with Gasteiger partial charge in [-0.2, -0.15) is 0 Å². The summed E-state index contributed by atoms with van der Waals surface area (Å²) in [6, 6.07) is 1.61. The van der Waals surface area contributed by atoms with E-state index >= 15 is 0 Å². The van der Waals surface area contributed by atoms with Crippen LogP contribution in [0.2, 0.25) is 10.0 Å². The molecule has 4 aliphatic rings. The molecule has 178 valence electrons. The quantitative estimate of drug-likeness (QED) is 0.528. The van der Waals surface area contributed by atoms with Crippen molar-refractivity contribution < 1.29 is 9.59 Å². The highest BCUT2D eigenvalue weighted by Gasteiger charge is 2.61. The number of fused-ring (bicyclic) bond motifs is 5. The van der Waals surface area contributed by atoms with E-state index in [2.05, 4.69) is 31.1 Å². The zero-order valence-electron chi connectivity index (χ0n) is 19.9. The van der Waals surface area contributed by atoms with Crippen LogP contribution in [0.5, 0.6) is 0 Å². The molecule has 1 saturated heterocycles. The summed E-state index contributed by atoms with van der Waals surface area (Å²) < 4.78 is 0. The highest BCUT2D eigenvalue weighted by molar-refractivity contribution is 6.36. The van der Waals surface area contributed by atoms with Crippen LogP contribution >= 0.6 is 23.2 Å². The van der Waals surface area contributed by atoms with E-state index in [0.717, 1.165) is 38.5 Å². The van der Waals surface area contributed by atoms with Crippen molar-refractivity contribution in [3.8, 4) is 0 Å². The molecule has 2 amide bonds. The smallest absolute Gasteiger partial charge is 0.229 e. The molecule has 3 fully saturated rings. The fourth-order valence-electron chi connectivity index (χ4n) is 8.25. The summed E-state index contributed by atoms with van der Waals surface area (Å²) in [6.07, 6.45) is 8.24. The molecule has 33 heavy (non-hydrogen) atoms. The highest BCUT2D eigenvalue weighted by Crippen LogP contribution is 2.66. The first-order valence-electron chi connectivity index (χ1n) is 12.1. The largest absolute Gasteiger partial charge is 0.319 e. The Morgan fingerprint density at radius 1 is 1.18 bits per heavy atom. The maximum absolute atomic E-state index is 13.4. The Kier molecular flexibility index (Phi) is 5.60. The predicted octanol–water partition coefficient (Wildman–Crippen LogP) is 6.32. The van der Waals surface area contributed by atoms with Crippen molar-refractivity contribution in [2.45, 2.75) is 65.7 Å². The van der Waals surface area contributed by atoms with Crippen LogP contribution in [0.1, 0.15) is 65.7 Å².